The Hall–Kier alpha value is -1.75. The monoisotopic (exact) mass is 296 g/mol. The van der Waals surface area contributed by atoms with Crippen LogP contribution in [0.2, 0.25) is 5.28 Å². The van der Waals surface area contributed by atoms with E-state index >= 15 is 0 Å². The topological polar surface area (TPSA) is 52.1 Å². The third kappa shape index (κ3) is 3.63. The molecule has 0 N–H and O–H groups in total. The van der Waals surface area contributed by atoms with Gasteiger partial charge in [0.05, 0.1) is 17.6 Å². The summed E-state index contributed by atoms with van der Waals surface area (Å²) in [5, 5.41) is 0.559. The quantitative estimate of drug-likeness (QED) is 0.630. The average Bonchev–Trinajstić information content (AvgIpc) is 2.24. The fourth-order valence-corrected chi connectivity index (χ4v) is 1.98. The molecule has 6 heteroatoms. The lowest BCUT2D eigenvalue weighted by Gasteiger charge is -2.19. The van der Waals surface area contributed by atoms with E-state index in [9.17, 15) is 9.18 Å². The zero-order chi connectivity index (χ0) is 14.9. The van der Waals surface area contributed by atoms with E-state index in [1.807, 2.05) is 0 Å². The minimum absolute atomic E-state index is 0.0262. The first-order chi connectivity index (χ1) is 9.24. The Morgan fingerprint density at radius 3 is 2.70 bits per heavy atom. The maximum atomic E-state index is 13.2. The van der Waals surface area contributed by atoms with Crippen molar-refractivity contribution in [3.05, 3.63) is 35.0 Å². The van der Waals surface area contributed by atoms with Gasteiger partial charge in [-0.15, -0.1) is 0 Å². The van der Waals surface area contributed by atoms with E-state index in [0.717, 1.165) is 0 Å². The Bertz CT molecular complexity index is 663. The fourth-order valence-electron chi connectivity index (χ4n) is 1.79. The molecular weight excluding hydrogens is 283 g/mol. The summed E-state index contributed by atoms with van der Waals surface area (Å²) in [6.45, 7) is 5.35. The van der Waals surface area contributed by atoms with Gasteiger partial charge in [-0.05, 0) is 44.5 Å². The summed E-state index contributed by atoms with van der Waals surface area (Å²) in [4.78, 5) is 19.8. The number of carbonyl (C=O) groups is 1. The maximum absolute atomic E-state index is 13.2. The Morgan fingerprint density at radius 2 is 2.05 bits per heavy atom. The van der Waals surface area contributed by atoms with Gasteiger partial charge < -0.3 is 4.74 Å². The molecule has 2 aromatic rings. The Kier molecular flexibility index (Phi) is 3.90. The van der Waals surface area contributed by atoms with Crippen LogP contribution in [-0.2, 0) is 16.0 Å². The smallest absolute Gasteiger partial charge is 0.312 e. The number of nitrogens with zero attached hydrogens (tertiary/aromatic N) is 2. The zero-order valence-corrected chi connectivity index (χ0v) is 12.2. The van der Waals surface area contributed by atoms with Gasteiger partial charge in [0.1, 0.15) is 11.4 Å². The van der Waals surface area contributed by atoms with Gasteiger partial charge >= 0.3 is 5.97 Å². The van der Waals surface area contributed by atoms with E-state index in [4.69, 9.17) is 16.3 Å². The summed E-state index contributed by atoms with van der Waals surface area (Å²) in [7, 11) is 0. The number of fused-ring (bicyclic) bond motifs is 1. The van der Waals surface area contributed by atoms with Crippen LogP contribution < -0.4 is 0 Å². The van der Waals surface area contributed by atoms with Crippen molar-refractivity contribution in [3.63, 3.8) is 0 Å². The SMILES string of the molecule is CC(C)(C)OC(=O)Cc1nc(Cl)nc2cc(F)ccc12. The first-order valence-electron chi connectivity index (χ1n) is 6.08. The molecule has 106 valence electrons. The molecule has 0 aliphatic heterocycles. The molecule has 1 aromatic heterocycles. The minimum atomic E-state index is -0.574. The van der Waals surface area contributed by atoms with Crippen LogP contribution in [0.3, 0.4) is 0 Å². The van der Waals surface area contributed by atoms with Gasteiger partial charge in [0.25, 0.3) is 0 Å². The second-order valence-corrected chi connectivity index (χ2v) is 5.70. The van der Waals surface area contributed by atoms with E-state index in [1.54, 1.807) is 20.8 Å². The predicted octanol–water partition coefficient (Wildman–Crippen LogP) is 3.31. The van der Waals surface area contributed by atoms with E-state index in [-0.39, 0.29) is 11.7 Å². The van der Waals surface area contributed by atoms with Crippen LogP contribution in [0.4, 0.5) is 4.39 Å². The lowest BCUT2D eigenvalue weighted by molar-refractivity contribution is -0.153. The molecule has 4 nitrogen and oxygen atoms in total. The molecule has 0 unspecified atom stereocenters. The lowest BCUT2D eigenvalue weighted by Crippen LogP contribution is -2.25. The minimum Gasteiger partial charge on any atom is -0.460 e. The average molecular weight is 297 g/mol. The first kappa shape index (κ1) is 14.7. The van der Waals surface area contributed by atoms with Crippen LogP contribution >= 0.6 is 11.6 Å². The van der Waals surface area contributed by atoms with Crippen molar-refractivity contribution in [2.45, 2.75) is 32.8 Å². The number of ether oxygens (including phenoxy) is 1. The molecule has 0 aliphatic rings. The molecule has 1 heterocycles. The van der Waals surface area contributed by atoms with Gasteiger partial charge in [-0.2, -0.15) is 0 Å². The largest absolute Gasteiger partial charge is 0.460 e. The number of benzene rings is 1. The summed E-state index contributed by atoms with van der Waals surface area (Å²) in [6, 6.07) is 4.07. The highest BCUT2D eigenvalue weighted by Gasteiger charge is 2.18. The van der Waals surface area contributed by atoms with E-state index in [0.29, 0.717) is 16.6 Å². The predicted molar refractivity (Wildman–Crippen MR) is 74.1 cm³/mol. The molecule has 0 fully saturated rings. The molecular formula is C14H14ClFN2O2. The summed E-state index contributed by atoms with van der Waals surface area (Å²) < 4.78 is 18.4. The summed E-state index contributed by atoms with van der Waals surface area (Å²) in [5.41, 5.74) is 0.216. The summed E-state index contributed by atoms with van der Waals surface area (Å²) >= 11 is 5.80. The van der Waals surface area contributed by atoms with Crippen LogP contribution in [0, 0.1) is 5.82 Å². The first-order valence-corrected chi connectivity index (χ1v) is 6.46. The Balaban J connectivity index is 2.37. The van der Waals surface area contributed by atoms with Crippen molar-refractivity contribution in [2.75, 3.05) is 0 Å². The van der Waals surface area contributed by atoms with Crippen LogP contribution in [0.1, 0.15) is 26.5 Å². The normalized spacial score (nSPS) is 11.7. The van der Waals surface area contributed by atoms with Crippen LogP contribution in [0.25, 0.3) is 10.9 Å². The molecule has 0 spiro atoms. The van der Waals surface area contributed by atoms with Gasteiger partial charge in [0, 0.05) is 11.5 Å². The highest BCUT2D eigenvalue weighted by atomic mass is 35.5. The number of rotatable bonds is 2. The molecule has 0 radical (unpaired) electrons. The van der Waals surface area contributed by atoms with Crippen molar-refractivity contribution in [3.8, 4) is 0 Å². The molecule has 1 aromatic carbocycles. The van der Waals surface area contributed by atoms with Gasteiger partial charge in [-0.3, -0.25) is 4.79 Å². The molecule has 0 bridgehead atoms. The highest BCUT2D eigenvalue weighted by Crippen LogP contribution is 2.20. The summed E-state index contributed by atoms with van der Waals surface area (Å²) in [6.07, 6.45) is -0.0400. The van der Waals surface area contributed by atoms with Crippen molar-refractivity contribution in [1.29, 1.82) is 0 Å². The molecule has 0 saturated heterocycles. The van der Waals surface area contributed by atoms with Crippen LogP contribution in [0.15, 0.2) is 18.2 Å². The third-order valence-electron chi connectivity index (χ3n) is 2.44. The number of carbonyl (C=O) groups excluding carboxylic acids is 1. The van der Waals surface area contributed by atoms with Crippen LogP contribution in [0.5, 0.6) is 0 Å². The maximum Gasteiger partial charge on any atom is 0.312 e. The van der Waals surface area contributed by atoms with Gasteiger partial charge in [-0.1, -0.05) is 0 Å². The second kappa shape index (κ2) is 5.32. The third-order valence-corrected chi connectivity index (χ3v) is 2.61. The molecule has 2 rings (SSSR count). The number of aromatic nitrogens is 2. The lowest BCUT2D eigenvalue weighted by atomic mass is 10.1. The number of hydrogen-bond acceptors (Lipinski definition) is 4. The Morgan fingerprint density at radius 1 is 1.35 bits per heavy atom. The zero-order valence-electron chi connectivity index (χ0n) is 11.4. The highest BCUT2D eigenvalue weighted by molar-refractivity contribution is 6.28. The summed E-state index contributed by atoms with van der Waals surface area (Å²) in [5.74, 6) is -0.839. The molecule has 0 saturated carbocycles. The molecule has 0 amide bonds. The second-order valence-electron chi connectivity index (χ2n) is 5.36. The number of hydrogen-bond donors (Lipinski definition) is 0. The number of esters is 1. The van der Waals surface area contributed by atoms with Crippen molar-refractivity contribution in [1.82, 2.24) is 9.97 Å². The molecule has 0 atom stereocenters. The van der Waals surface area contributed by atoms with E-state index in [1.165, 1.54) is 18.2 Å². The number of halogens is 2. The van der Waals surface area contributed by atoms with Gasteiger partial charge in [-0.25, -0.2) is 14.4 Å². The molecule has 0 aliphatic carbocycles. The standard InChI is InChI=1S/C14H14ClFN2O2/c1-14(2,3)20-12(19)7-11-9-5-4-8(16)6-10(9)17-13(15)18-11/h4-6H,7H2,1-3H3. The van der Waals surface area contributed by atoms with Crippen molar-refractivity contribution in [2.24, 2.45) is 0 Å². The fraction of sp³-hybridized carbons (Fsp3) is 0.357. The van der Waals surface area contributed by atoms with Crippen molar-refractivity contribution >= 4 is 28.5 Å². The van der Waals surface area contributed by atoms with E-state index in [2.05, 4.69) is 9.97 Å². The van der Waals surface area contributed by atoms with Gasteiger partial charge in [0.2, 0.25) is 5.28 Å². The molecule has 20 heavy (non-hydrogen) atoms. The Labute approximate surface area is 120 Å². The van der Waals surface area contributed by atoms with Crippen LogP contribution in [-0.4, -0.2) is 21.5 Å². The van der Waals surface area contributed by atoms with Gasteiger partial charge in [0.15, 0.2) is 0 Å². The van der Waals surface area contributed by atoms with Crippen molar-refractivity contribution < 1.29 is 13.9 Å². The van der Waals surface area contributed by atoms with E-state index < -0.39 is 17.4 Å².